The summed E-state index contributed by atoms with van der Waals surface area (Å²) in [6, 6.07) is 5.68. The molecule has 1 rings (SSSR count). The molecule has 0 bridgehead atoms. The summed E-state index contributed by atoms with van der Waals surface area (Å²) < 4.78 is 10.5. The maximum Gasteiger partial charge on any atom is 0.306 e. The molecule has 0 spiro atoms. The lowest BCUT2D eigenvalue weighted by Gasteiger charge is -2.19. The highest BCUT2D eigenvalue weighted by Crippen LogP contribution is 2.24. The fourth-order valence-corrected chi connectivity index (χ4v) is 1.63. The van der Waals surface area contributed by atoms with Crippen LogP contribution in [-0.2, 0) is 9.53 Å². The van der Waals surface area contributed by atoms with Gasteiger partial charge in [-0.15, -0.1) is 0 Å². The van der Waals surface area contributed by atoms with Gasteiger partial charge in [0.25, 0.3) is 5.69 Å². The summed E-state index contributed by atoms with van der Waals surface area (Å²) in [7, 11) is 0. The van der Waals surface area contributed by atoms with Crippen molar-refractivity contribution in [1.82, 2.24) is 0 Å². The van der Waals surface area contributed by atoms with E-state index in [1.165, 1.54) is 18.2 Å². The van der Waals surface area contributed by atoms with E-state index >= 15 is 0 Å². The molecule has 0 amide bonds. The number of esters is 1. The number of nitro benzene ring substituents is 1. The number of hydrogen-bond acceptors (Lipinski definition) is 6. The van der Waals surface area contributed by atoms with Gasteiger partial charge in [-0.25, -0.2) is 0 Å². The molecular weight excluding hydrogens is 288 g/mol. The van der Waals surface area contributed by atoms with Crippen molar-refractivity contribution in [2.75, 3.05) is 6.61 Å². The third-order valence-corrected chi connectivity index (χ3v) is 2.50. The molecule has 0 saturated carbocycles. The zero-order valence-electron chi connectivity index (χ0n) is 12.8. The Balaban J connectivity index is 2.54. The second kappa shape index (κ2) is 7.41. The van der Waals surface area contributed by atoms with Gasteiger partial charge >= 0.3 is 5.97 Å². The molecule has 0 fully saturated rings. The molecule has 118 valence electrons. The third kappa shape index (κ3) is 5.79. The summed E-state index contributed by atoms with van der Waals surface area (Å²) in [5.74, 6) is -0.198. The average molecular weight is 306 g/mol. The van der Waals surface area contributed by atoms with E-state index in [9.17, 15) is 14.9 Å². The summed E-state index contributed by atoms with van der Waals surface area (Å²) in [6.45, 7) is 5.51. The highest BCUT2D eigenvalue weighted by molar-refractivity contribution is 5.69. The number of carbonyl (C=O) groups excluding carboxylic acids is 1. The fourth-order valence-electron chi connectivity index (χ4n) is 1.63. The van der Waals surface area contributed by atoms with Crippen LogP contribution in [0, 0.1) is 21.4 Å². The van der Waals surface area contributed by atoms with Crippen molar-refractivity contribution >= 4 is 11.7 Å². The van der Waals surface area contributed by atoms with Crippen LogP contribution in [0.1, 0.15) is 39.2 Å². The summed E-state index contributed by atoms with van der Waals surface area (Å²) in [6.07, 6.45) is 0.566. The quantitative estimate of drug-likeness (QED) is 0.346. The molecule has 7 nitrogen and oxygen atoms in total. The number of nitrogens with zero attached hydrogens (tertiary/aromatic N) is 2. The van der Waals surface area contributed by atoms with E-state index in [4.69, 9.17) is 14.7 Å². The van der Waals surface area contributed by atoms with Gasteiger partial charge in [-0.1, -0.05) is 0 Å². The predicted octanol–water partition coefficient (Wildman–Crippen LogP) is 2.97. The number of ether oxygens (including phenoxy) is 2. The van der Waals surface area contributed by atoms with Crippen LogP contribution in [0.25, 0.3) is 0 Å². The zero-order valence-corrected chi connectivity index (χ0v) is 12.8. The highest BCUT2D eigenvalue weighted by Gasteiger charge is 2.16. The first-order chi connectivity index (χ1) is 10.2. The maximum absolute atomic E-state index is 11.5. The summed E-state index contributed by atoms with van der Waals surface area (Å²) in [5, 5.41) is 19.7. The van der Waals surface area contributed by atoms with E-state index in [1.807, 2.05) is 6.07 Å². The molecule has 1 aromatic carbocycles. The smallest absolute Gasteiger partial charge is 0.306 e. The van der Waals surface area contributed by atoms with Crippen LogP contribution in [0.4, 0.5) is 5.69 Å². The van der Waals surface area contributed by atoms with E-state index in [-0.39, 0.29) is 36.0 Å². The van der Waals surface area contributed by atoms with E-state index in [0.29, 0.717) is 6.42 Å². The highest BCUT2D eigenvalue weighted by atomic mass is 16.6. The molecule has 22 heavy (non-hydrogen) atoms. The van der Waals surface area contributed by atoms with Gasteiger partial charge in [0.15, 0.2) is 0 Å². The molecule has 0 N–H and O–H groups in total. The Morgan fingerprint density at radius 2 is 2.09 bits per heavy atom. The van der Waals surface area contributed by atoms with E-state index in [2.05, 4.69) is 0 Å². The van der Waals surface area contributed by atoms with Crippen LogP contribution in [0.2, 0.25) is 0 Å². The van der Waals surface area contributed by atoms with Gasteiger partial charge in [-0.05, 0) is 33.3 Å². The third-order valence-electron chi connectivity index (χ3n) is 2.50. The van der Waals surface area contributed by atoms with Gasteiger partial charge in [-0.3, -0.25) is 14.9 Å². The van der Waals surface area contributed by atoms with Crippen LogP contribution in [-0.4, -0.2) is 23.1 Å². The Hall–Kier alpha value is -2.62. The number of nitriles is 1. The molecule has 1 aromatic rings. The largest absolute Gasteiger partial charge is 0.492 e. The van der Waals surface area contributed by atoms with Crippen LogP contribution < -0.4 is 4.74 Å². The number of hydrogen-bond donors (Lipinski definition) is 0. The number of carbonyl (C=O) groups is 1. The van der Waals surface area contributed by atoms with E-state index in [0.717, 1.165) is 0 Å². The van der Waals surface area contributed by atoms with Gasteiger partial charge < -0.3 is 9.47 Å². The van der Waals surface area contributed by atoms with Crippen LogP contribution in [0.15, 0.2) is 18.2 Å². The molecule has 0 aliphatic heterocycles. The normalized spacial score (nSPS) is 10.6. The second-order valence-electron chi connectivity index (χ2n) is 5.59. The van der Waals surface area contributed by atoms with Crippen molar-refractivity contribution in [1.29, 1.82) is 5.26 Å². The topological polar surface area (TPSA) is 102 Å². The molecule has 0 heterocycles. The Morgan fingerprint density at radius 3 is 2.64 bits per heavy atom. The van der Waals surface area contributed by atoms with Gasteiger partial charge in [0.1, 0.15) is 17.4 Å². The van der Waals surface area contributed by atoms with Gasteiger partial charge in [-0.2, -0.15) is 5.26 Å². The minimum Gasteiger partial charge on any atom is -0.492 e. The van der Waals surface area contributed by atoms with Gasteiger partial charge in [0.2, 0.25) is 0 Å². The van der Waals surface area contributed by atoms with Crippen molar-refractivity contribution in [2.45, 2.75) is 39.2 Å². The first kappa shape index (κ1) is 17.4. The molecule has 0 aromatic heterocycles. The minimum atomic E-state index is -0.561. The molecule has 0 aliphatic rings. The molecule has 0 unspecified atom stereocenters. The zero-order chi connectivity index (χ0) is 16.8. The Kier molecular flexibility index (Phi) is 5.87. The predicted molar refractivity (Wildman–Crippen MR) is 78.4 cm³/mol. The molecule has 0 radical (unpaired) electrons. The minimum absolute atomic E-state index is 0.140. The SMILES string of the molecule is CC(C)(C)OC(=O)CCCOc1cc([N+](=O)[O-])ccc1C#N. The maximum atomic E-state index is 11.5. The van der Waals surface area contributed by atoms with Crippen molar-refractivity contribution in [3.05, 3.63) is 33.9 Å². The second-order valence-corrected chi connectivity index (χ2v) is 5.59. The van der Waals surface area contributed by atoms with Crippen molar-refractivity contribution in [3.63, 3.8) is 0 Å². The summed E-state index contributed by atoms with van der Waals surface area (Å²) in [4.78, 5) is 21.7. The number of benzene rings is 1. The lowest BCUT2D eigenvalue weighted by atomic mass is 10.2. The monoisotopic (exact) mass is 306 g/mol. The first-order valence-electron chi connectivity index (χ1n) is 6.76. The van der Waals surface area contributed by atoms with Crippen LogP contribution >= 0.6 is 0 Å². The lowest BCUT2D eigenvalue weighted by Crippen LogP contribution is -2.24. The van der Waals surface area contributed by atoms with Gasteiger partial charge in [0, 0.05) is 12.5 Å². The lowest BCUT2D eigenvalue weighted by molar-refractivity contribution is -0.384. The molecule has 0 aliphatic carbocycles. The number of nitro groups is 1. The van der Waals surface area contributed by atoms with E-state index in [1.54, 1.807) is 20.8 Å². The molecule has 0 saturated heterocycles. The van der Waals surface area contributed by atoms with Crippen molar-refractivity contribution in [3.8, 4) is 11.8 Å². The number of rotatable bonds is 6. The standard InChI is InChI=1S/C15H18N2O5/c1-15(2,3)22-14(18)5-4-8-21-13-9-12(17(19)20)7-6-11(13)10-16/h6-7,9H,4-5,8H2,1-3H3. The first-order valence-corrected chi connectivity index (χ1v) is 6.76. The fraction of sp³-hybridized carbons (Fsp3) is 0.467. The Bertz CT molecular complexity index is 599. The molecular formula is C15H18N2O5. The van der Waals surface area contributed by atoms with Crippen molar-refractivity contribution < 1.29 is 19.2 Å². The molecule has 0 atom stereocenters. The van der Waals surface area contributed by atoms with Crippen LogP contribution in [0.5, 0.6) is 5.75 Å². The van der Waals surface area contributed by atoms with E-state index < -0.39 is 10.5 Å². The number of non-ortho nitro benzene ring substituents is 1. The van der Waals surface area contributed by atoms with Crippen molar-refractivity contribution in [2.24, 2.45) is 0 Å². The summed E-state index contributed by atoms with van der Waals surface area (Å²) >= 11 is 0. The Labute approximate surface area is 128 Å². The Morgan fingerprint density at radius 1 is 1.41 bits per heavy atom. The molecule has 7 heteroatoms. The van der Waals surface area contributed by atoms with Gasteiger partial charge in [0.05, 0.1) is 23.2 Å². The average Bonchev–Trinajstić information content (AvgIpc) is 2.41. The summed E-state index contributed by atoms with van der Waals surface area (Å²) in [5.41, 5.74) is -0.476. The van der Waals surface area contributed by atoms with Crippen LogP contribution in [0.3, 0.4) is 0 Å².